The molecular formula is C17H24F3N3O4S. The molecule has 0 bridgehead atoms. The first kappa shape index (κ1) is 22.6. The van der Waals surface area contributed by atoms with Crippen molar-refractivity contribution in [2.75, 3.05) is 25.9 Å². The number of carboxylic acid groups (broad SMARTS) is 1. The molecule has 3 heterocycles. The maximum atomic E-state index is 12.1. The Morgan fingerprint density at radius 3 is 2.36 bits per heavy atom. The highest BCUT2D eigenvalue weighted by Crippen LogP contribution is 2.39. The minimum atomic E-state index is -5.08. The average molecular weight is 423 g/mol. The molecule has 1 unspecified atom stereocenters. The second-order valence-electron chi connectivity index (χ2n) is 7.10. The molecule has 1 atom stereocenters. The fraction of sp³-hybridized carbons (Fsp3) is 0.647. The number of alkyl halides is 3. The Balaban J connectivity index is 0.000000345. The second kappa shape index (κ2) is 8.75. The molecule has 0 amide bonds. The van der Waals surface area contributed by atoms with E-state index in [1.807, 2.05) is 24.4 Å². The molecule has 2 aliphatic rings. The van der Waals surface area contributed by atoms with Gasteiger partial charge >= 0.3 is 12.1 Å². The van der Waals surface area contributed by atoms with E-state index in [1.165, 1.54) is 6.26 Å². The monoisotopic (exact) mass is 423 g/mol. The van der Waals surface area contributed by atoms with Crippen LogP contribution in [0.25, 0.3) is 0 Å². The van der Waals surface area contributed by atoms with Gasteiger partial charge in [0.25, 0.3) is 0 Å². The fourth-order valence-corrected chi connectivity index (χ4v) is 5.31. The number of sulfonamides is 1. The van der Waals surface area contributed by atoms with Gasteiger partial charge in [-0.15, -0.1) is 0 Å². The lowest BCUT2D eigenvalue weighted by molar-refractivity contribution is -0.192. The van der Waals surface area contributed by atoms with Crippen LogP contribution in [0.3, 0.4) is 0 Å². The summed E-state index contributed by atoms with van der Waals surface area (Å²) in [5.41, 5.74) is 0.874. The van der Waals surface area contributed by atoms with Gasteiger partial charge in [-0.05, 0) is 44.4 Å². The van der Waals surface area contributed by atoms with E-state index in [0.717, 1.165) is 51.0 Å². The van der Waals surface area contributed by atoms with Crippen molar-refractivity contribution in [3.8, 4) is 0 Å². The molecule has 0 aliphatic carbocycles. The Hall–Kier alpha value is -1.72. The van der Waals surface area contributed by atoms with Crippen LogP contribution in [-0.4, -0.2) is 71.3 Å². The number of aliphatic carboxylic acids is 1. The number of pyridine rings is 1. The van der Waals surface area contributed by atoms with Crippen molar-refractivity contribution >= 4 is 16.0 Å². The smallest absolute Gasteiger partial charge is 0.475 e. The molecule has 2 saturated heterocycles. The summed E-state index contributed by atoms with van der Waals surface area (Å²) in [7, 11) is -3.12. The normalized spacial score (nSPS) is 24.0. The molecule has 1 N–H and O–H groups in total. The van der Waals surface area contributed by atoms with Gasteiger partial charge in [0, 0.05) is 31.4 Å². The number of hydrogen-bond acceptors (Lipinski definition) is 5. The molecule has 7 nitrogen and oxygen atoms in total. The van der Waals surface area contributed by atoms with Crippen LogP contribution in [0.15, 0.2) is 24.4 Å². The predicted octanol–water partition coefficient (Wildman–Crippen LogP) is 2.10. The maximum absolute atomic E-state index is 12.1. The van der Waals surface area contributed by atoms with Crippen LogP contribution in [-0.2, 0) is 21.4 Å². The number of rotatable bonds is 3. The average Bonchev–Trinajstić information content (AvgIpc) is 2.98. The van der Waals surface area contributed by atoms with Gasteiger partial charge in [-0.25, -0.2) is 13.2 Å². The summed E-state index contributed by atoms with van der Waals surface area (Å²) >= 11 is 0. The third-order valence-corrected chi connectivity index (χ3v) is 6.29. The van der Waals surface area contributed by atoms with Crippen LogP contribution in [0.4, 0.5) is 13.2 Å². The lowest BCUT2D eigenvalue weighted by atomic mass is 9.87. The zero-order chi connectivity index (χ0) is 21.0. The van der Waals surface area contributed by atoms with E-state index >= 15 is 0 Å². The highest BCUT2D eigenvalue weighted by atomic mass is 32.2. The lowest BCUT2D eigenvalue weighted by Gasteiger charge is -2.44. The fourth-order valence-electron chi connectivity index (χ4n) is 3.90. The largest absolute Gasteiger partial charge is 0.490 e. The van der Waals surface area contributed by atoms with Crippen molar-refractivity contribution < 1.29 is 31.5 Å². The summed E-state index contributed by atoms with van der Waals surface area (Å²) in [5.74, 6) is -2.76. The molecule has 0 radical (unpaired) electrons. The van der Waals surface area contributed by atoms with Crippen molar-refractivity contribution in [1.82, 2.24) is 14.2 Å². The van der Waals surface area contributed by atoms with Crippen LogP contribution in [0.1, 0.15) is 31.4 Å². The van der Waals surface area contributed by atoms with E-state index in [1.54, 1.807) is 4.31 Å². The molecule has 28 heavy (non-hydrogen) atoms. The number of carbonyl (C=O) groups is 1. The van der Waals surface area contributed by atoms with Gasteiger partial charge in [0.2, 0.25) is 10.0 Å². The second-order valence-corrected chi connectivity index (χ2v) is 9.01. The molecule has 0 aromatic carbocycles. The molecular weight excluding hydrogens is 399 g/mol. The van der Waals surface area contributed by atoms with E-state index < -0.39 is 22.2 Å². The Morgan fingerprint density at radius 2 is 1.86 bits per heavy atom. The van der Waals surface area contributed by atoms with Gasteiger partial charge in [-0.1, -0.05) is 6.07 Å². The first-order valence-corrected chi connectivity index (χ1v) is 10.7. The third kappa shape index (κ3) is 5.89. The van der Waals surface area contributed by atoms with E-state index in [9.17, 15) is 21.6 Å². The Kier molecular flexibility index (Phi) is 7.05. The number of piperidine rings is 1. The topological polar surface area (TPSA) is 90.8 Å². The summed E-state index contributed by atoms with van der Waals surface area (Å²) in [5, 5.41) is 7.12. The van der Waals surface area contributed by atoms with Gasteiger partial charge < -0.3 is 5.11 Å². The van der Waals surface area contributed by atoms with Gasteiger partial charge in [0.05, 0.1) is 11.9 Å². The molecule has 3 rings (SSSR count). The molecule has 2 aliphatic heterocycles. The minimum absolute atomic E-state index is 0.180. The van der Waals surface area contributed by atoms with Crippen LogP contribution in [0.5, 0.6) is 0 Å². The summed E-state index contributed by atoms with van der Waals surface area (Å²) in [4.78, 5) is 15.6. The number of carboxylic acids is 1. The Morgan fingerprint density at radius 1 is 1.25 bits per heavy atom. The van der Waals surface area contributed by atoms with E-state index in [2.05, 4.69) is 9.88 Å². The van der Waals surface area contributed by atoms with Crippen molar-refractivity contribution in [3.63, 3.8) is 0 Å². The quantitative estimate of drug-likeness (QED) is 0.801. The summed E-state index contributed by atoms with van der Waals surface area (Å²) in [6.07, 6.45) is 2.08. The van der Waals surface area contributed by atoms with Gasteiger partial charge in [0.15, 0.2) is 0 Å². The number of nitrogens with zero attached hydrogens (tertiary/aromatic N) is 3. The van der Waals surface area contributed by atoms with E-state index in [0.29, 0.717) is 6.54 Å². The van der Waals surface area contributed by atoms with Crippen molar-refractivity contribution in [2.24, 2.45) is 0 Å². The molecule has 2 fully saturated rings. The predicted molar refractivity (Wildman–Crippen MR) is 96.0 cm³/mol. The maximum Gasteiger partial charge on any atom is 0.490 e. The van der Waals surface area contributed by atoms with E-state index in [-0.39, 0.29) is 5.54 Å². The summed E-state index contributed by atoms with van der Waals surface area (Å²) < 4.78 is 57.6. The van der Waals surface area contributed by atoms with E-state index in [4.69, 9.17) is 9.90 Å². The Labute approximate surface area is 162 Å². The zero-order valence-electron chi connectivity index (χ0n) is 15.5. The molecule has 1 spiro atoms. The van der Waals surface area contributed by atoms with Crippen LogP contribution in [0, 0.1) is 0 Å². The lowest BCUT2D eigenvalue weighted by Crippen LogP contribution is -2.56. The number of likely N-dealkylation sites (tertiary alicyclic amines) is 1. The van der Waals surface area contributed by atoms with Crippen LogP contribution < -0.4 is 0 Å². The standard InChI is InChI=1S/C15H23N3O2S.C2HF3O2/c1-21(19,20)18-11-5-8-15(18)7-4-10-17(13-15)12-14-6-2-3-9-16-14;3-2(4,5)1(6)7/h2-3,6,9H,4-5,7-8,10-13H2,1H3;(H,6,7). The SMILES string of the molecule is CS(=O)(=O)N1CCCC12CCCN(Cc1ccccn1)C2.O=C(O)C(F)(F)F. The zero-order valence-corrected chi connectivity index (χ0v) is 16.3. The molecule has 1 aromatic rings. The molecule has 1 aromatic heterocycles. The molecule has 158 valence electrons. The molecule has 11 heteroatoms. The summed E-state index contributed by atoms with van der Waals surface area (Å²) in [6.45, 7) is 3.34. The van der Waals surface area contributed by atoms with Crippen molar-refractivity contribution in [1.29, 1.82) is 0 Å². The summed E-state index contributed by atoms with van der Waals surface area (Å²) in [6, 6.07) is 5.95. The van der Waals surface area contributed by atoms with Gasteiger partial charge in [0.1, 0.15) is 0 Å². The van der Waals surface area contributed by atoms with Crippen LogP contribution in [0.2, 0.25) is 0 Å². The highest BCUT2D eigenvalue weighted by Gasteiger charge is 2.47. The first-order chi connectivity index (χ1) is 12.9. The minimum Gasteiger partial charge on any atom is -0.475 e. The van der Waals surface area contributed by atoms with Gasteiger partial charge in [-0.2, -0.15) is 17.5 Å². The van der Waals surface area contributed by atoms with Crippen molar-refractivity contribution in [2.45, 2.75) is 43.9 Å². The first-order valence-electron chi connectivity index (χ1n) is 8.84. The number of hydrogen-bond donors (Lipinski definition) is 1. The number of halogens is 3. The van der Waals surface area contributed by atoms with Crippen LogP contribution >= 0.6 is 0 Å². The number of aromatic nitrogens is 1. The van der Waals surface area contributed by atoms with Gasteiger partial charge in [-0.3, -0.25) is 9.88 Å². The third-order valence-electron chi connectivity index (χ3n) is 4.92. The Bertz CT molecular complexity index is 774. The molecule has 0 saturated carbocycles. The highest BCUT2D eigenvalue weighted by molar-refractivity contribution is 7.88. The van der Waals surface area contributed by atoms with Crippen molar-refractivity contribution in [3.05, 3.63) is 30.1 Å².